The van der Waals surface area contributed by atoms with E-state index in [1.165, 1.54) is 31.7 Å². The number of allylic oxidation sites excluding steroid dienone is 1. The summed E-state index contributed by atoms with van der Waals surface area (Å²) in [5.74, 6) is -16.7. The van der Waals surface area contributed by atoms with Gasteiger partial charge in [0.25, 0.3) is 5.91 Å². The highest BCUT2D eigenvalue weighted by Crippen LogP contribution is 2.24. The van der Waals surface area contributed by atoms with Crippen molar-refractivity contribution in [1.82, 2.24) is 74.0 Å². The van der Waals surface area contributed by atoms with Gasteiger partial charge in [0.1, 0.15) is 90.3 Å². The van der Waals surface area contributed by atoms with E-state index in [9.17, 15) is 67.4 Å². The van der Waals surface area contributed by atoms with Crippen molar-refractivity contribution >= 4 is 88.7 Å². The molecular weight excluding hydrogens is 1440 g/mol. The van der Waals surface area contributed by atoms with Crippen LogP contribution in [0, 0.1) is 53.3 Å². The molecule has 0 aromatic heterocycles. The average Bonchev–Trinajstić information content (AvgIpc) is 1.58. The quantitative estimate of drug-likeness (QED) is 0.0337. The third kappa shape index (κ3) is 29.2. The predicted molar refractivity (Wildman–Crippen MR) is 422 cm³/mol. The summed E-state index contributed by atoms with van der Waals surface area (Å²) in [5.41, 5.74) is 6.34. The molecule has 0 radical (unpaired) electrons. The minimum Gasteiger partial charge on any atom is -0.458 e. The number of cyclic esters (lactones) is 1. The fourth-order valence-corrected chi connectivity index (χ4v) is 12.8. The first-order valence-electron chi connectivity index (χ1n) is 40.0. The van der Waals surface area contributed by atoms with Gasteiger partial charge in [0, 0.05) is 19.4 Å². The van der Waals surface area contributed by atoms with Crippen LogP contribution in [0.2, 0.25) is 0 Å². The molecule has 0 saturated carbocycles. The Morgan fingerprint density at radius 2 is 1.08 bits per heavy atom. The summed E-state index contributed by atoms with van der Waals surface area (Å²) in [6.45, 7) is 34.9. The number of nitrogens with one attached hydrogen (secondary N) is 13. The van der Waals surface area contributed by atoms with Crippen molar-refractivity contribution in [3.8, 4) is 0 Å². The molecule has 112 heavy (non-hydrogen) atoms. The van der Waals surface area contributed by atoms with Gasteiger partial charge in [-0.15, -0.1) is 0 Å². The van der Waals surface area contributed by atoms with Crippen LogP contribution in [0.5, 0.6) is 0 Å². The number of carbonyl (C=O) groups is 15. The molecule has 16 N–H and O–H groups in total. The van der Waals surface area contributed by atoms with Crippen molar-refractivity contribution in [2.45, 2.75) is 300 Å². The van der Waals surface area contributed by atoms with Crippen LogP contribution < -0.4 is 74.9 Å². The second-order valence-corrected chi connectivity index (χ2v) is 32.2. The van der Waals surface area contributed by atoms with Gasteiger partial charge in [0.15, 0.2) is 0 Å². The molecule has 32 heteroatoms. The average molecular weight is 1580 g/mol. The van der Waals surface area contributed by atoms with Gasteiger partial charge >= 0.3 is 5.97 Å². The van der Waals surface area contributed by atoms with E-state index in [0.29, 0.717) is 30.7 Å². The van der Waals surface area contributed by atoms with Crippen LogP contribution in [-0.2, 0) is 83.1 Å². The van der Waals surface area contributed by atoms with Crippen molar-refractivity contribution < 1.29 is 81.8 Å². The van der Waals surface area contributed by atoms with Gasteiger partial charge in [-0.05, 0) is 118 Å². The van der Waals surface area contributed by atoms with E-state index in [1.807, 2.05) is 13.8 Å². The molecule has 1 aromatic carbocycles. The monoisotopic (exact) mass is 1580 g/mol. The van der Waals surface area contributed by atoms with E-state index < -0.39 is 215 Å². The molecule has 2 saturated heterocycles. The lowest BCUT2D eigenvalue weighted by molar-refractivity contribution is -0.157. The number of carbonyl (C=O) groups excluding carboxylic acids is 15. The largest absolute Gasteiger partial charge is 0.458 e. The normalized spacial score (nSPS) is 22.4. The third-order valence-corrected chi connectivity index (χ3v) is 20.9. The first-order valence-corrected chi connectivity index (χ1v) is 40.0. The minimum absolute atomic E-state index is 0.0406. The molecule has 14 amide bonds. The lowest BCUT2D eigenvalue weighted by Gasteiger charge is -2.34. The number of nitrogens with two attached hydrogens (primary N) is 1. The fourth-order valence-electron chi connectivity index (χ4n) is 12.8. The maximum absolute atomic E-state index is 15.1. The number of rotatable bonds is 36. The zero-order valence-electron chi connectivity index (χ0n) is 69.8. The maximum atomic E-state index is 15.1. The number of benzene rings is 1. The fraction of sp³-hybridized carbons (Fsp3) is 0.713. The molecule has 0 bridgehead atoms. The molecule has 630 valence electrons. The molecule has 2 aliphatic rings. The Labute approximate surface area is 661 Å². The topological polar surface area (TPSA) is 471 Å². The highest BCUT2D eigenvalue weighted by molar-refractivity contribution is 6.03. The Morgan fingerprint density at radius 1 is 0.571 bits per heavy atom. The zero-order valence-corrected chi connectivity index (χ0v) is 69.8. The molecular formula is C80H133N15O17. The van der Waals surface area contributed by atoms with Crippen LogP contribution in [0.15, 0.2) is 42.1 Å². The van der Waals surface area contributed by atoms with E-state index in [1.54, 1.807) is 141 Å². The van der Waals surface area contributed by atoms with Crippen LogP contribution in [0.4, 0.5) is 0 Å². The molecule has 32 nitrogen and oxygen atoms in total. The molecule has 18 atom stereocenters. The second-order valence-electron chi connectivity index (χ2n) is 32.2. The van der Waals surface area contributed by atoms with Crippen molar-refractivity contribution in [3.63, 3.8) is 0 Å². The molecule has 0 aliphatic carbocycles. The van der Waals surface area contributed by atoms with Crippen LogP contribution in [-0.4, -0.2) is 203 Å². The van der Waals surface area contributed by atoms with Gasteiger partial charge in [-0.1, -0.05) is 180 Å². The van der Waals surface area contributed by atoms with Crippen molar-refractivity contribution in [2.75, 3.05) is 13.1 Å². The van der Waals surface area contributed by atoms with E-state index in [4.69, 9.17) is 10.5 Å². The van der Waals surface area contributed by atoms with E-state index in [-0.39, 0.29) is 69.1 Å². The number of likely N-dealkylation sites (tertiary alicyclic amines) is 1. The number of nitrogens with zero attached hydrogens (tertiary/aromatic N) is 1. The molecule has 2 fully saturated rings. The Bertz CT molecular complexity index is 3400. The zero-order chi connectivity index (χ0) is 84.9. The Kier molecular flexibility index (Phi) is 40.6. The maximum Gasteiger partial charge on any atom is 0.329 e. The van der Waals surface area contributed by atoms with Crippen LogP contribution in [0.1, 0.15) is 209 Å². The highest BCUT2D eigenvalue weighted by Gasteiger charge is 2.45. The van der Waals surface area contributed by atoms with E-state index >= 15 is 9.59 Å². The number of hydrogen-bond acceptors (Lipinski definition) is 18. The number of amides is 14. The Balaban J connectivity index is 1.98. The summed E-state index contributed by atoms with van der Waals surface area (Å²) in [6, 6.07) is -9.13. The van der Waals surface area contributed by atoms with Crippen LogP contribution >= 0.6 is 0 Å². The number of ether oxygens (including phenoxy) is 1. The smallest absolute Gasteiger partial charge is 0.329 e. The van der Waals surface area contributed by atoms with Crippen molar-refractivity contribution in [3.05, 3.63) is 47.7 Å². The number of aliphatic hydroxyl groups is 1. The van der Waals surface area contributed by atoms with Gasteiger partial charge in [-0.3, -0.25) is 67.1 Å². The second kappa shape index (κ2) is 46.8. The summed E-state index contributed by atoms with van der Waals surface area (Å²) in [5, 5.41) is 46.0. The first kappa shape index (κ1) is 97.1. The third-order valence-electron chi connectivity index (χ3n) is 20.9. The van der Waals surface area contributed by atoms with Crippen LogP contribution in [0.25, 0.3) is 0 Å². The van der Waals surface area contributed by atoms with Gasteiger partial charge in [0.2, 0.25) is 76.8 Å². The summed E-state index contributed by atoms with van der Waals surface area (Å²) in [7, 11) is 0. The Hall–Kier alpha value is -9.07. The van der Waals surface area contributed by atoms with Gasteiger partial charge in [0.05, 0.1) is 6.10 Å². The summed E-state index contributed by atoms with van der Waals surface area (Å²) >= 11 is 0. The molecule has 3 rings (SSSR count). The minimum atomic E-state index is -1.84. The Morgan fingerprint density at radius 3 is 1.58 bits per heavy atom. The molecule has 1 aromatic rings. The molecule has 4 unspecified atom stereocenters. The van der Waals surface area contributed by atoms with E-state index in [0.717, 1.165) is 6.42 Å². The standard InChI is InChI=1S/C80H133N15O17/c1-22-46(17)35-36-56(97)85-57(40(5)6)72(103)86-60(43(11)12)74(105)93-65(49(20)96)77(108)88-59(42(9)10)73(104)89-61(44(13)14)79(110)95-38-30-34-55(95)70(101)83-53(33-29-37-81)68(99)91-63(47(18)23-2)76(107)94-66-50(21)112-80(111)62(45(15)16)90-67(98)52(25-4)82-69(100)54(39-51-31-27-26-28-32-51)84-71(102)58(41(7)8)87-75(106)64(48(19)24-3)92-78(66)109/h25-28,31-32,40-50,53-55,57-66,96H,22-24,29-30,33-39,81H2,1-21H3,(H,82,100)(H,83,101)(H,84,102)(H,85,97)(H,86,103)(H,87,106)(H,88,108)(H,89,104)(H,90,98)(H,91,99)(H,92,109)(H,93,105)(H,94,107)/b52-25-/t46?,47-,48+,49+,50?,53-,54-,55+,57+,58+,59-,60+,61+,62-,63+,64?,65-,66?/m0/s1. The van der Waals surface area contributed by atoms with Gasteiger partial charge in [-0.25, -0.2) is 4.79 Å². The highest BCUT2D eigenvalue weighted by atomic mass is 16.5. The van der Waals surface area contributed by atoms with Gasteiger partial charge < -0.3 is 89.6 Å². The number of aliphatic hydroxyl groups excluding tert-OH is 1. The van der Waals surface area contributed by atoms with E-state index in [2.05, 4.69) is 69.1 Å². The summed E-state index contributed by atoms with van der Waals surface area (Å²) in [6.07, 6.45) is 0.952. The van der Waals surface area contributed by atoms with Crippen LogP contribution in [0.3, 0.4) is 0 Å². The van der Waals surface area contributed by atoms with Crippen molar-refractivity contribution in [1.29, 1.82) is 0 Å². The number of hydrogen-bond donors (Lipinski definition) is 15. The first-order chi connectivity index (χ1) is 52.5. The molecule has 2 heterocycles. The molecule has 2 aliphatic heterocycles. The SMILES string of the molecule is C/C=C1\NC(=O)[C@H](Cc2ccccc2)NC(=O)[C@@H](C(C)C)NC(=O)C([C@H](C)CC)NC(=O)C(NC(=O)[C@H](NC(=O)[C@H](CCCN)NC(=O)[C@H]2CCCN2C(=O)[C@H](NC(=O)[C@@H](NC(=O)[C@@H](NC(=O)[C@H](NC(=O)[C@H](NC(=O)CCC(C)CC)C(C)C)C(C)C)[C@@H](C)O)C(C)C)C(C)C)[C@@H](C)CC)C(C)OC(=O)[C@H](C(C)C)NC1=O. The predicted octanol–water partition coefficient (Wildman–Crippen LogP) is 1.98. The van der Waals surface area contributed by atoms with Gasteiger partial charge in [-0.2, -0.15) is 0 Å². The number of esters is 1. The summed E-state index contributed by atoms with van der Waals surface area (Å²) < 4.78 is 5.97. The van der Waals surface area contributed by atoms with Crippen molar-refractivity contribution in [2.24, 2.45) is 59.0 Å². The molecule has 0 spiro atoms. The summed E-state index contributed by atoms with van der Waals surface area (Å²) in [4.78, 5) is 217. The lowest BCUT2D eigenvalue weighted by atomic mass is 9.95. The lowest BCUT2D eigenvalue weighted by Crippen LogP contribution is -2.64.